The summed E-state index contributed by atoms with van der Waals surface area (Å²) in [4.78, 5) is 8.42. The summed E-state index contributed by atoms with van der Waals surface area (Å²) in [6.45, 7) is 2.61. The molecule has 5 rings (SSSR count). The summed E-state index contributed by atoms with van der Waals surface area (Å²) in [5, 5.41) is 2.99. The number of ether oxygens (including phenoxy) is 2. The van der Waals surface area contributed by atoms with Crippen LogP contribution in [0.2, 0.25) is 0 Å². The molecule has 40 heavy (non-hydrogen) atoms. The Morgan fingerprint density at radius 3 is 2.52 bits per heavy atom. The molecule has 4 aromatic rings. The van der Waals surface area contributed by atoms with Gasteiger partial charge >= 0.3 is 6.18 Å². The fourth-order valence-electron chi connectivity index (χ4n) is 4.28. The first-order valence-corrected chi connectivity index (χ1v) is 13.7. The van der Waals surface area contributed by atoms with E-state index in [-0.39, 0.29) is 23.4 Å². The molecule has 2 aromatic carbocycles. The third-order valence-electron chi connectivity index (χ3n) is 6.39. The van der Waals surface area contributed by atoms with Crippen LogP contribution in [0.4, 0.5) is 24.7 Å². The molecule has 0 fully saturated rings. The van der Waals surface area contributed by atoms with E-state index in [1.54, 1.807) is 37.6 Å². The topological polar surface area (TPSA) is 98.6 Å². The Hall–Kier alpha value is -4.10. The van der Waals surface area contributed by atoms with Crippen LogP contribution in [0.15, 0.2) is 71.9 Å². The van der Waals surface area contributed by atoms with Crippen molar-refractivity contribution in [2.24, 2.45) is 0 Å². The number of alkyl halides is 3. The van der Waals surface area contributed by atoms with E-state index in [0.29, 0.717) is 35.2 Å². The smallest absolute Gasteiger partial charge is 0.417 e. The summed E-state index contributed by atoms with van der Waals surface area (Å²) >= 11 is 0. The van der Waals surface area contributed by atoms with Gasteiger partial charge in [-0.2, -0.15) is 22.5 Å². The number of benzene rings is 2. The Labute approximate surface area is 229 Å². The molecule has 0 aliphatic carbocycles. The molecule has 1 aliphatic rings. The Balaban J connectivity index is 1.48. The van der Waals surface area contributed by atoms with E-state index >= 15 is 0 Å². The van der Waals surface area contributed by atoms with Crippen LogP contribution < -0.4 is 14.8 Å². The highest BCUT2D eigenvalue weighted by molar-refractivity contribution is 7.89. The quantitative estimate of drug-likeness (QED) is 0.305. The molecule has 0 amide bonds. The third-order valence-corrected chi connectivity index (χ3v) is 8.19. The van der Waals surface area contributed by atoms with Crippen LogP contribution in [-0.4, -0.2) is 47.5 Å². The first kappa shape index (κ1) is 27.5. The van der Waals surface area contributed by atoms with Gasteiger partial charge in [0.05, 0.1) is 29.8 Å². The molecule has 1 atom stereocenters. The highest BCUT2D eigenvalue weighted by atomic mass is 32.2. The number of methoxy groups -OCH3 is 1. The minimum Gasteiger partial charge on any atom is -0.497 e. The van der Waals surface area contributed by atoms with Gasteiger partial charge in [0.1, 0.15) is 17.7 Å². The number of hydrogen-bond donors (Lipinski definition) is 1. The maximum absolute atomic E-state index is 13.5. The van der Waals surface area contributed by atoms with E-state index in [9.17, 15) is 21.6 Å². The number of pyridine rings is 1. The lowest BCUT2D eigenvalue weighted by molar-refractivity contribution is -0.137. The first-order valence-electron chi connectivity index (χ1n) is 12.2. The average Bonchev–Trinajstić information content (AvgIpc) is 3.46. The predicted molar refractivity (Wildman–Crippen MR) is 142 cm³/mol. The molecule has 0 radical (unpaired) electrons. The van der Waals surface area contributed by atoms with Gasteiger partial charge in [0.2, 0.25) is 10.0 Å². The Morgan fingerprint density at radius 2 is 1.90 bits per heavy atom. The molecule has 0 spiro atoms. The lowest BCUT2D eigenvalue weighted by Crippen LogP contribution is -2.26. The van der Waals surface area contributed by atoms with Crippen molar-refractivity contribution in [3.8, 4) is 23.0 Å². The summed E-state index contributed by atoms with van der Waals surface area (Å²) < 4.78 is 79.9. The fourth-order valence-corrected chi connectivity index (χ4v) is 5.46. The molecule has 210 valence electrons. The van der Waals surface area contributed by atoms with Crippen LogP contribution in [0.25, 0.3) is 11.3 Å². The molecule has 1 aliphatic heterocycles. The number of nitrogens with one attached hydrogen (secondary N) is 1. The van der Waals surface area contributed by atoms with E-state index < -0.39 is 21.8 Å². The molecule has 2 aromatic heterocycles. The maximum Gasteiger partial charge on any atom is 0.417 e. The van der Waals surface area contributed by atoms with Crippen molar-refractivity contribution < 1.29 is 31.1 Å². The second-order valence-corrected chi connectivity index (χ2v) is 11.4. The molecule has 13 heteroatoms. The molecule has 0 saturated carbocycles. The SMILES string of the molecule is COc1ccc(CN(C)S(=O)(=O)c2ccc(Nc3ccc(C(F)(F)F)cn3)c(-c3cn4c(n3)OC(C)C4)c2)cc1. The molecular weight excluding hydrogens is 547 g/mol. The summed E-state index contributed by atoms with van der Waals surface area (Å²) in [5.41, 5.74) is 1.16. The molecule has 0 bridgehead atoms. The van der Waals surface area contributed by atoms with Crippen LogP contribution in [-0.2, 0) is 29.3 Å². The molecular formula is C27H26F3N5O4S. The maximum atomic E-state index is 13.5. The molecule has 1 N–H and O–H groups in total. The van der Waals surface area contributed by atoms with Gasteiger partial charge in [0, 0.05) is 37.2 Å². The van der Waals surface area contributed by atoms with Crippen LogP contribution in [0, 0.1) is 0 Å². The highest BCUT2D eigenvalue weighted by Gasteiger charge is 2.31. The van der Waals surface area contributed by atoms with E-state index in [2.05, 4.69) is 15.3 Å². The number of rotatable bonds is 8. The van der Waals surface area contributed by atoms with Crippen molar-refractivity contribution in [1.29, 1.82) is 0 Å². The van der Waals surface area contributed by atoms with Crippen molar-refractivity contribution in [3.63, 3.8) is 0 Å². The third kappa shape index (κ3) is 5.61. The van der Waals surface area contributed by atoms with Crippen molar-refractivity contribution in [1.82, 2.24) is 18.8 Å². The van der Waals surface area contributed by atoms with E-state index in [1.807, 2.05) is 11.5 Å². The highest BCUT2D eigenvalue weighted by Crippen LogP contribution is 2.36. The lowest BCUT2D eigenvalue weighted by atomic mass is 10.1. The second-order valence-electron chi connectivity index (χ2n) is 9.36. The number of fused-ring (bicyclic) bond motifs is 1. The van der Waals surface area contributed by atoms with Crippen LogP contribution >= 0.6 is 0 Å². The molecule has 1 unspecified atom stereocenters. The summed E-state index contributed by atoms with van der Waals surface area (Å²) in [6, 6.07) is 14.0. The number of aromatic nitrogens is 3. The fraction of sp³-hybridized carbons (Fsp3) is 0.259. The van der Waals surface area contributed by atoms with Crippen molar-refractivity contribution in [3.05, 3.63) is 78.1 Å². The normalized spacial score (nSPS) is 15.1. The largest absolute Gasteiger partial charge is 0.497 e. The Kier molecular flexibility index (Phi) is 7.19. The van der Waals surface area contributed by atoms with Gasteiger partial charge in [-0.15, -0.1) is 0 Å². The number of hydrogen-bond acceptors (Lipinski definition) is 7. The van der Waals surface area contributed by atoms with Crippen molar-refractivity contribution in [2.45, 2.75) is 37.2 Å². The van der Waals surface area contributed by atoms with Crippen molar-refractivity contribution >= 4 is 21.5 Å². The summed E-state index contributed by atoms with van der Waals surface area (Å²) in [6.07, 6.45) is -2.09. The molecule has 0 saturated heterocycles. The van der Waals surface area contributed by atoms with Crippen LogP contribution in [0.3, 0.4) is 0 Å². The first-order chi connectivity index (χ1) is 18.9. The van der Waals surface area contributed by atoms with Gasteiger partial charge < -0.3 is 14.8 Å². The standard InChI is InChI=1S/C27H26F3N5O4S/c1-17-14-35-16-24(33-26(35)39-17)22-12-21(40(36,37)34(2)15-18-4-7-20(38-3)8-5-18)9-10-23(22)32-25-11-6-19(13-31-25)27(28,29)30/h4-13,16-17H,14-15H2,1-3H3,(H,31,32). The van der Waals surface area contributed by atoms with Gasteiger partial charge in [-0.25, -0.2) is 13.4 Å². The summed E-state index contributed by atoms with van der Waals surface area (Å²) in [7, 11) is -0.894. The molecule has 3 heterocycles. The number of sulfonamides is 1. The molecule has 9 nitrogen and oxygen atoms in total. The van der Waals surface area contributed by atoms with Gasteiger partial charge in [-0.1, -0.05) is 12.1 Å². The zero-order valence-corrected chi connectivity index (χ0v) is 22.6. The van der Waals surface area contributed by atoms with E-state index in [1.165, 1.54) is 35.6 Å². The van der Waals surface area contributed by atoms with Gasteiger partial charge in [-0.05, 0) is 55.0 Å². The zero-order valence-electron chi connectivity index (χ0n) is 21.8. The van der Waals surface area contributed by atoms with E-state index in [4.69, 9.17) is 9.47 Å². The number of anilines is 2. The van der Waals surface area contributed by atoms with Crippen molar-refractivity contribution in [2.75, 3.05) is 19.5 Å². The Morgan fingerprint density at radius 1 is 1.15 bits per heavy atom. The monoisotopic (exact) mass is 573 g/mol. The lowest BCUT2D eigenvalue weighted by Gasteiger charge is -2.19. The van der Waals surface area contributed by atoms with Gasteiger partial charge in [0.25, 0.3) is 6.01 Å². The minimum atomic E-state index is -4.52. The average molecular weight is 574 g/mol. The number of imidazole rings is 1. The number of halogens is 3. The van der Waals surface area contributed by atoms with E-state index in [0.717, 1.165) is 17.8 Å². The second kappa shape index (κ2) is 10.5. The van der Waals surface area contributed by atoms with Gasteiger partial charge in [0.15, 0.2) is 0 Å². The number of nitrogens with zero attached hydrogens (tertiary/aromatic N) is 4. The van der Waals surface area contributed by atoms with Gasteiger partial charge in [-0.3, -0.25) is 4.57 Å². The van der Waals surface area contributed by atoms with Crippen LogP contribution in [0.1, 0.15) is 18.1 Å². The predicted octanol–water partition coefficient (Wildman–Crippen LogP) is 5.32. The Bertz CT molecular complexity index is 1600. The van der Waals surface area contributed by atoms with Crippen LogP contribution in [0.5, 0.6) is 11.8 Å². The summed E-state index contributed by atoms with van der Waals surface area (Å²) in [5.74, 6) is 0.813. The minimum absolute atomic E-state index is 0.0203. The zero-order chi connectivity index (χ0) is 28.7.